The summed E-state index contributed by atoms with van der Waals surface area (Å²) in [5, 5.41) is 9.22. The highest BCUT2D eigenvalue weighted by atomic mass is 16.3. The number of para-hydroxylation sites is 1. The Labute approximate surface area is 323 Å². The monoisotopic (exact) mass is 714 g/mol. The van der Waals surface area contributed by atoms with Gasteiger partial charge in [0.25, 0.3) is 0 Å². The molecule has 0 spiro atoms. The Balaban J connectivity index is 1.04. The first-order valence-electron chi connectivity index (χ1n) is 19.3. The first-order valence-corrected chi connectivity index (χ1v) is 19.3. The molecule has 0 radical (unpaired) electrons. The highest BCUT2D eigenvalue weighted by Gasteiger charge is 2.35. The van der Waals surface area contributed by atoms with Crippen LogP contribution in [0.25, 0.3) is 110 Å². The molecule has 262 valence electrons. The predicted molar refractivity (Wildman–Crippen MR) is 233 cm³/mol. The molecule has 0 aliphatic heterocycles. The molecular formula is C53H34N2O. The summed E-state index contributed by atoms with van der Waals surface area (Å²) in [5.74, 6) is 0. The van der Waals surface area contributed by atoms with Gasteiger partial charge in [0.15, 0.2) is 0 Å². The van der Waals surface area contributed by atoms with Crippen LogP contribution >= 0.6 is 0 Å². The third-order valence-corrected chi connectivity index (χ3v) is 12.3. The first-order chi connectivity index (χ1) is 27.5. The third kappa shape index (κ3) is 4.34. The second-order valence-electron chi connectivity index (χ2n) is 15.7. The summed E-state index contributed by atoms with van der Waals surface area (Å²) >= 11 is 0. The van der Waals surface area contributed by atoms with Crippen LogP contribution in [0.1, 0.15) is 25.0 Å². The normalized spacial score (nSPS) is 13.3. The molecule has 0 N–H and O–H groups in total. The molecule has 1 aliphatic rings. The zero-order chi connectivity index (χ0) is 37.1. The number of fused-ring (bicyclic) bond motifs is 13. The minimum Gasteiger partial charge on any atom is -0.455 e. The number of nitrogens with zero attached hydrogens (tertiary/aromatic N) is 2. The van der Waals surface area contributed by atoms with E-state index in [1.165, 1.54) is 49.4 Å². The summed E-state index contributed by atoms with van der Waals surface area (Å²) in [4.78, 5) is 10.3. The molecule has 11 aromatic rings. The van der Waals surface area contributed by atoms with Crippen LogP contribution in [-0.4, -0.2) is 9.97 Å². The van der Waals surface area contributed by atoms with Gasteiger partial charge >= 0.3 is 0 Å². The Bertz CT molecular complexity index is 3430. The Morgan fingerprint density at radius 2 is 1.07 bits per heavy atom. The molecule has 0 unspecified atom stereocenters. The standard InChI is InChI=1S/C53H34N2O/c1-53(2)45-24-10-9-19-39(45)40-26-25-34(29-46(40)53)48-35-16-4-3-13-32(35)28-44-43-23-12-22-36(51(43)56-52(44)48)31-14-11-15-33(27-31)47-30-54-49-41-20-7-5-17-37(41)38-18-6-8-21-42(38)50(49)55-47/h3-30H,1-2H3. The van der Waals surface area contributed by atoms with Gasteiger partial charge in [0.2, 0.25) is 0 Å². The van der Waals surface area contributed by atoms with Crippen LogP contribution in [0.5, 0.6) is 0 Å². The Kier molecular flexibility index (Phi) is 6.40. The van der Waals surface area contributed by atoms with Crippen molar-refractivity contribution >= 4 is 65.3 Å². The average Bonchev–Trinajstić information content (AvgIpc) is 3.74. The fourth-order valence-electron chi connectivity index (χ4n) is 9.58. The van der Waals surface area contributed by atoms with Crippen LogP contribution < -0.4 is 0 Å². The summed E-state index contributed by atoms with van der Waals surface area (Å²) in [5.41, 5.74) is 15.2. The van der Waals surface area contributed by atoms with Gasteiger partial charge in [-0.05, 0) is 73.1 Å². The number of benzene rings is 9. The van der Waals surface area contributed by atoms with Crippen molar-refractivity contribution in [3.8, 4) is 44.6 Å². The molecule has 0 atom stereocenters. The minimum absolute atomic E-state index is 0.103. The van der Waals surface area contributed by atoms with E-state index in [1.54, 1.807) is 0 Å². The van der Waals surface area contributed by atoms with E-state index < -0.39 is 0 Å². The van der Waals surface area contributed by atoms with E-state index in [9.17, 15) is 0 Å². The van der Waals surface area contributed by atoms with E-state index in [0.29, 0.717) is 0 Å². The lowest BCUT2D eigenvalue weighted by atomic mass is 9.81. The molecule has 3 heteroatoms. The van der Waals surface area contributed by atoms with Gasteiger partial charge in [-0.2, -0.15) is 0 Å². The van der Waals surface area contributed by atoms with Gasteiger partial charge in [0, 0.05) is 43.7 Å². The maximum Gasteiger partial charge on any atom is 0.143 e. The summed E-state index contributed by atoms with van der Waals surface area (Å²) in [6, 6.07) is 59.0. The minimum atomic E-state index is -0.103. The van der Waals surface area contributed by atoms with Crippen molar-refractivity contribution in [1.82, 2.24) is 9.97 Å². The summed E-state index contributed by atoms with van der Waals surface area (Å²) in [6.45, 7) is 4.69. The van der Waals surface area contributed by atoms with Crippen LogP contribution in [0.2, 0.25) is 0 Å². The van der Waals surface area contributed by atoms with Gasteiger partial charge in [-0.1, -0.05) is 159 Å². The number of aromatic nitrogens is 2. The molecule has 0 saturated carbocycles. The summed E-state index contributed by atoms with van der Waals surface area (Å²) in [7, 11) is 0. The van der Waals surface area contributed by atoms with Crippen LogP contribution in [-0.2, 0) is 5.41 Å². The predicted octanol–water partition coefficient (Wildman–Crippen LogP) is 14.3. The summed E-state index contributed by atoms with van der Waals surface area (Å²) < 4.78 is 7.13. The van der Waals surface area contributed by atoms with Crippen molar-refractivity contribution in [2.24, 2.45) is 0 Å². The highest BCUT2D eigenvalue weighted by molar-refractivity contribution is 6.23. The molecule has 12 rings (SSSR count). The van der Waals surface area contributed by atoms with E-state index in [4.69, 9.17) is 14.4 Å². The Morgan fingerprint density at radius 1 is 0.429 bits per heavy atom. The molecule has 9 aromatic carbocycles. The topological polar surface area (TPSA) is 38.9 Å². The number of hydrogen-bond acceptors (Lipinski definition) is 3. The largest absolute Gasteiger partial charge is 0.455 e. The summed E-state index contributed by atoms with van der Waals surface area (Å²) in [6.07, 6.45) is 1.92. The van der Waals surface area contributed by atoms with Gasteiger partial charge in [-0.3, -0.25) is 4.98 Å². The van der Waals surface area contributed by atoms with Gasteiger partial charge < -0.3 is 4.42 Å². The molecule has 2 aromatic heterocycles. The van der Waals surface area contributed by atoms with Crippen molar-refractivity contribution in [2.75, 3.05) is 0 Å². The highest BCUT2D eigenvalue weighted by Crippen LogP contribution is 2.51. The van der Waals surface area contributed by atoms with Crippen molar-refractivity contribution in [3.05, 3.63) is 181 Å². The molecule has 0 fully saturated rings. The van der Waals surface area contributed by atoms with Crippen LogP contribution in [0.4, 0.5) is 0 Å². The molecule has 0 amide bonds. The Morgan fingerprint density at radius 3 is 1.91 bits per heavy atom. The maximum absolute atomic E-state index is 7.13. The van der Waals surface area contributed by atoms with E-state index in [1.807, 2.05) is 6.20 Å². The fraction of sp³-hybridized carbons (Fsp3) is 0.0566. The second-order valence-corrected chi connectivity index (χ2v) is 15.7. The molecule has 0 bridgehead atoms. The number of furan rings is 1. The van der Waals surface area contributed by atoms with Crippen LogP contribution in [0, 0.1) is 0 Å². The van der Waals surface area contributed by atoms with E-state index in [0.717, 1.165) is 71.7 Å². The molecule has 56 heavy (non-hydrogen) atoms. The van der Waals surface area contributed by atoms with E-state index in [-0.39, 0.29) is 5.41 Å². The van der Waals surface area contributed by atoms with Gasteiger partial charge in [0.05, 0.1) is 22.9 Å². The van der Waals surface area contributed by atoms with Gasteiger partial charge in [0.1, 0.15) is 11.2 Å². The molecule has 0 saturated heterocycles. The van der Waals surface area contributed by atoms with Crippen molar-refractivity contribution < 1.29 is 4.42 Å². The van der Waals surface area contributed by atoms with Crippen LogP contribution in [0.15, 0.2) is 174 Å². The SMILES string of the molecule is CC1(C)c2ccccc2-c2ccc(-c3c4ccccc4cc4c3oc3c(-c5cccc(-c6cnc7c8ccccc8c8ccccc8c7n6)c5)cccc34)cc21. The zero-order valence-electron chi connectivity index (χ0n) is 31.0. The van der Waals surface area contributed by atoms with Crippen molar-refractivity contribution in [3.63, 3.8) is 0 Å². The molecular weight excluding hydrogens is 681 g/mol. The first kappa shape index (κ1) is 31.3. The smallest absolute Gasteiger partial charge is 0.143 e. The van der Waals surface area contributed by atoms with Gasteiger partial charge in [-0.25, -0.2) is 4.98 Å². The lowest BCUT2D eigenvalue weighted by molar-refractivity contribution is 0.660. The number of hydrogen-bond donors (Lipinski definition) is 0. The zero-order valence-corrected chi connectivity index (χ0v) is 31.0. The average molecular weight is 715 g/mol. The van der Waals surface area contributed by atoms with Gasteiger partial charge in [-0.15, -0.1) is 0 Å². The molecule has 2 heterocycles. The van der Waals surface area contributed by atoms with Crippen molar-refractivity contribution in [1.29, 1.82) is 0 Å². The van der Waals surface area contributed by atoms with Crippen LogP contribution in [0.3, 0.4) is 0 Å². The Hall–Kier alpha value is -7.10. The number of rotatable bonds is 3. The third-order valence-electron chi connectivity index (χ3n) is 12.3. The second kappa shape index (κ2) is 11.5. The quantitative estimate of drug-likeness (QED) is 0.171. The molecule has 1 aliphatic carbocycles. The maximum atomic E-state index is 7.13. The van der Waals surface area contributed by atoms with E-state index in [2.05, 4.69) is 178 Å². The fourth-order valence-corrected chi connectivity index (χ4v) is 9.58. The van der Waals surface area contributed by atoms with E-state index >= 15 is 0 Å². The van der Waals surface area contributed by atoms with Crippen molar-refractivity contribution in [2.45, 2.75) is 19.3 Å². The lowest BCUT2D eigenvalue weighted by Crippen LogP contribution is -2.14. The molecule has 3 nitrogen and oxygen atoms in total. The lowest BCUT2D eigenvalue weighted by Gasteiger charge is -2.22.